The molecule has 0 nitrogen and oxygen atoms in total. The normalized spacial score (nSPS) is 20.6. The quantitative estimate of drug-likeness (QED) is 0.563. The van der Waals surface area contributed by atoms with Gasteiger partial charge in [-0.05, 0) is 11.8 Å². The van der Waals surface area contributed by atoms with E-state index in [1.807, 2.05) is 0 Å². The van der Waals surface area contributed by atoms with Crippen LogP contribution in [-0.4, -0.2) is 6.18 Å². The van der Waals surface area contributed by atoms with Crippen molar-refractivity contribution in [2.75, 3.05) is 0 Å². The van der Waals surface area contributed by atoms with E-state index >= 15 is 0 Å². The summed E-state index contributed by atoms with van der Waals surface area (Å²) in [5, 5.41) is 0. The third-order valence-electron chi connectivity index (χ3n) is 1.14. The van der Waals surface area contributed by atoms with Gasteiger partial charge in [-0.3, -0.25) is 0 Å². The Hall–Kier alpha value is -0.210. The molecule has 0 N–H and O–H groups in total. The molecule has 0 aromatic rings. The maximum atomic E-state index is 12.2. The first kappa shape index (κ1) is 7.44. The minimum atomic E-state index is -4.48. The Labute approximate surface area is 68.6 Å². The molecule has 0 rings (SSSR count). The molecule has 0 fully saturated rings. The van der Waals surface area contributed by atoms with Crippen molar-refractivity contribution < 1.29 is 15.9 Å². The van der Waals surface area contributed by atoms with Gasteiger partial charge in [-0.1, -0.05) is 27.7 Å². The van der Waals surface area contributed by atoms with Crippen LogP contribution in [0, 0.1) is 11.3 Å². The van der Waals surface area contributed by atoms with Gasteiger partial charge in [-0.2, -0.15) is 13.2 Å². The van der Waals surface area contributed by atoms with E-state index in [0.29, 0.717) is 0 Å². The van der Waals surface area contributed by atoms with Crippen molar-refractivity contribution in [2.45, 2.75) is 40.2 Å². The summed E-state index contributed by atoms with van der Waals surface area (Å²) in [4.78, 5) is 0. The molecule has 68 valence electrons. The van der Waals surface area contributed by atoms with Crippen LogP contribution in [0.5, 0.6) is 0 Å². The number of alkyl halides is 3. The minimum absolute atomic E-state index is 0.880. The summed E-state index contributed by atoms with van der Waals surface area (Å²) in [5.74, 6) is -1.94. The third kappa shape index (κ3) is 5.10. The van der Waals surface area contributed by atoms with Crippen LogP contribution < -0.4 is 0 Å². The number of hydrogen-bond donors (Lipinski definition) is 0. The molecule has 0 aliphatic rings. The zero-order valence-corrected chi connectivity index (χ0v) is 7.21. The maximum Gasteiger partial charge on any atom is 0.391 e. The number of hydrogen-bond acceptors (Lipinski definition) is 0. The average Bonchev–Trinajstić information content (AvgIpc) is 1.81. The van der Waals surface area contributed by atoms with E-state index in [0.717, 1.165) is 6.92 Å². The Morgan fingerprint density at radius 1 is 1.27 bits per heavy atom. The van der Waals surface area contributed by atoms with Gasteiger partial charge >= 0.3 is 6.18 Å². The second-order valence-corrected chi connectivity index (χ2v) is 3.66. The van der Waals surface area contributed by atoms with E-state index in [2.05, 4.69) is 0 Å². The fourth-order valence-corrected chi connectivity index (χ4v) is 0.731. The van der Waals surface area contributed by atoms with Gasteiger partial charge in [0.15, 0.2) is 0 Å². The lowest BCUT2D eigenvalue weighted by atomic mass is 9.85. The molecule has 0 spiro atoms. The summed E-state index contributed by atoms with van der Waals surface area (Å²) in [6.45, 7) is 5.28. The lowest BCUT2D eigenvalue weighted by molar-refractivity contribution is -0.176. The van der Waals surface area contributed by atoms with E-state index in [9.17, 15) is 13.2 Å². The molecular formula is C8H15F3. The molecule has 0 saturated heterocycles. The Bertz CT molecular complexity index is 179. The van der Waals surface area contributed by atoms with Crippen molar-refractivity contribution in [1.82, 2.24) is 0 Å². The first-order valence-electron chi connectivity index (χ1n) is 4.47. The van der Waals surface area contributed by atoms with Gasteiger partial charge in [-0.15, -0.1) is 0 Å². The fraction of sp³-hybridized carbons (Fsp3) is 1.00. The van der Waals surface area contributed by atoms with Crippen LogP contribution in [0.2, 0.25) is 0 Å². The second kappa shape index (κ2) is 3.03. The fourth-order valence-electron chi connectivity index (χ4n) is 0.731. The summed E-state index contributed by atoms with van der Waals surface area (Å²) < 4.78 is 51.5. The third-order valence-corrected chi connectivity index (χ3v) is 1.14. The van der Waals surface area contributed by atoms with Crippen molar-refractivity contribution in [3.05, 3.63) is 0 Å². The van der Waals surface area contributed by atoms with Gasteiger partial charge in [0.2, 0.25) is 0 Å². The van der Waals surface area contributed by atoms with Crippen LogP contribution in [0.4, 0.5) is 13.2 Å². The van der Waals surface area contributed by atoms with Crippen molar-refractivity contribution in [3.8, 4) is 0 Å². The second-order valence-electron chi connectivity index (χ2n) is 3.66. The summed E-state index contributed by atoms with van der Waals surface area (Å²) in [6.07, 6.45) is -6.72. The Kier molecular flexibility index (Phi) is 2.05. The molecule has 0 aliphatic carbocycles. The SMILES string of the molecule is [2H]C([2H])(C(C)C(F)(F)F)C(C)(C)C. The highest BCUT2D eigenvalue weighted by molar-refractivity contribution is 4.70. The molecule has 0 aromatic heterocycles. The van der Waals surface area contributed by atoms with Crippen molar-refractivity contribution in [3.63, 3.8) is 0 Å². The highest BCUT2D eigenvalue weighted by Gasteiger charge is 2.37. The van der Waals surface area contributed by atoms with E-state index in [4.69, 9.17) is 2.74 Å². The Morgan fingerprint density at radius 2 is 1.64 bits per heavy atom. The van der Waals surface area contributed by atoms with Crippen LogP contribution >= 0.6 is 0 Å². The van der Waals surface area contributed by atoms with E-state index < -0.39 is 23.9 Å². The smallest absolute Gasteiger partial charge is 0.171 e. The number of rotatable bonds is 1. The summed E-state index contributed by atoms with van der Waals surface area (Å²) in [7, 11) is 0. The van der Waals surface area contributed by atoms with Gasteiger partial charge in [-0.25, -0.2) is 0 Å². The molecule has 11 heavy (non-hydrogen) atoms. The highest BCUT2D eigenvalue weighted by atomic mass is 19.4. The monoisotopic (exact) mass is 170 g/mol. The highest BCUT2D eigenvalue weighted by Crippen LogP contribution is 2.34. The molecule has 1 unspecified atom stereocenters. The first-order chi connectivity index (χ1) is 5.40. The molecule has 0 amide bonds. The molecule has 0 aliphatic heterocycles. The Morgan fingerprint density at radius 3 is 1.73 bits per heavy atom. The van der Waals surface area contributed by atoms with Gasteiger partial charge in [0, 0.05) is 2.74 Å². The van der Waals surface area contributed by atoms with Gasteiger partial charge < -0.3 is 0 Å². The predicted molar refractivity (Wildman–Crippen MR) is 39.3 cm³/mol. The first-order valence-corrected chi connectivity index (χ1v) is 3.47. The van der Waals surface area contributed by atoms with Crippen LogP contribution in [-0.2, 0) is 0 Å². The minimum Gasteiger partial charge on any atom is -0.171 e. The zero-order chi connectivity index (χ0) is 11.1. The van der Waals surface area contributed by atoms with Crippen molar-refractivity contribution in [2.24, 2.45) is 11.3 Å². The van der Waals surface area contributed by atoms with Crippen LogP contribution in [0.15, 0.2) is 0 Å². The largest absolute Gasteiger partial charge is 0.391 e. The topological polar surface area (TPSA) is 0 Å². The van der Waals surface area contributed by atoms with E-state index in [-0.39, 0.29) is 0 Å². The molecule has 0 heterocycles. The summed E-state index contributed by atoms with van der Waals surface area (Å²) >= 11 is 0. The zero-order valence-electron chi connectivity index (χ0n) is 9.21. The summed E-state index contributed by atoms with van der Waals surface area (Å²) in [5.41, 5.74) is -1.01. The van der Waals surface area contributed by atoms with Crippen molar-refractivity contribution >= 4 is 0 Å². The molecule has 0 radical (unpaired) electrons. The lowest BCUT2D eigenvalue weighted by Crippen LogP contribution is -2.24. The van der Waals surface area contributed by atoms with Gasteiger partial charge in [0.05, 0.1) is 5.92 Å². The van der Waals surface area contributed by atoms with Crippen LogP contribution in [0.1, 0.15) is 36.8 Å². The maximum absolute atomic E-state index is 12.2. The van der Waals surface area contributed by atoms with Crippen LogP contribution in [0.3, 0.4) is 0 Å². The predicted octanol–water partition coefficient (Wildman–Crippen LogP) is 3.62. The van der Waals surface area contributed by atoms with Crippen molar-refractivity contribution in [1.29, 1.82) is 0 Å². The standard InChI is InChI=1S/C8H15F3/c1-6(8(9,10)11)5-7(2,3)4/h6H,5H2,1-4H3/i5D2. The lowest BCUT2D eigenvalue weighted by Gasteiger charge is -2.24. The number of halogens is 3. The average molecular weight is 170 g/mol. The molecule has 0 bridgehead atoms. The summed E-state index contributed by atoms with van der Waals surface area (Å²) in [6, 6.07) is 0. The molecule has 0 saturated carbocycles. The van der Waals surface area contributed by atoms with E-state index in [1.165, 1.54) is 20.8 Å². The Balaban J connectivity index is 4.86. The van der Waals surface area contributed by atoms with E-state index in [1.54, 1.807) is 0 Å². The molecular weight excluding hydrogens is 153 g/mol. The van der Waals surface area contributed by atoms with Crippen LogP contribution in [0.25, 0.3) is 0 Å². The van der Waals surface area contributed by atoms with Gasteiger partial charge in [0.25, 0.3) is 0 Å². The molecule has 1 atom stereocenters. The molecule has 3 heteroatoms. The molecule has 0 aromatic carbocycles. The van der Waals surface area contributed by atoms with Gasteiger partial charge in [0.1, 0.15) is 0 Å².